The fraction of sp³-hybridized carbons (Fsp3) is 0.923. The Hall–Kier alpha value is 0.0300. The molecular weight excluding hydrogens is 284 g/mol. The summed E-state index contributed by atoms with van der Waals surface area (Å²) in [7, 11) is 0. The average Bonchev–Trinajstić information content (AvgIpc) is 3.21. The number of hydrogen-bond donors (Lipinski definition) is 2. The molecule has 6 heteroatoms. The monoisotopic (exact) mass is 308 g/mol. The van der Waals surface area contributed by atoms with Gasteiger partial charge in [-0.15, -0.1) is 24.2 Å². The summed E-state index contributed by atoms with van der Waals surface area (Å²) in [5, 5.41) is 3.04. The van der Waals surface area contributed by atoms with E-state index in [4.69, 9.17) is 10.5 Å². The zero-order chi connectivity index (χ0) is 12.8. The molecule has 0 aromatic rings. The lowest BCUT2D eigenvalue weighted by Gasteiger charge is -2.22. The Bertz CT molecular complexity index is 271. The molecule has 4 nitrogen and oxygen atoms in total. The van der Waals surface area contributed by atoms with E-state index in [1.54, 1.807) is 11.8 Å². The van der Waals surface area contributed by atoms with Crippen LogP contribution in [0, 0.1) is 5.92 Å². The van der Waals surface area contributed by atoms with Crippen LogP contribution in [0.4, 0.5) is 0 Å². The van der Waals surface area contributed by atoms with Gasteiger partial charge in [0.05, 0.1) is 11.9 Å². The van der Waals surface area contributed by atoms with Crippen LogP contribution in [0.25, 0.3) is 0 Å². The first-order chi connectivity index (χ1) is 8.79. The first kappa shape index (κ1) is 17.1. The standard InChI is InChI=1S/C13H24N2O2S.ClH/c14-7-12(10-4-5-10)15-13(16)9-18-8-11-3-1-2-6-17-11;/h10-12H,1-9,14H2,(H,15,16);1H. The molecule has 0 aromatic heterocycles. The SMILES string of the molecule is Cl.NCC(NC(=O)CSCC1CCCCO1)C1CC1. The van der Waals surface area contributed by atoms with E-state index < -0.39 is 0 Å². The largest absolute Gasteiger partial charge is 0.377 e. The Balaban J connectivity index is 0.00000180. The van der Waals surface area contributed by atoms with E-state index in [2.05, 4.69) is 5.32 Å². The lowest BCUT2D eigenvalue weighted by Crippen LogP contribution is -2.42. The number of nitrogens with two attached hydrogens (primary N) is 1. The van der Waals surface area contributed by atoms with Gasteiger partial charge in [-0.1, -0.05) is 0 Å². The number of hydrogen-bond acceptors (Lipinski definition) is 4. The molecule has 0 bridgehead atoms. The number of halogens is 1. The van der Waals surface area contributed by atoms with Crippen LogP contribution >= 0.6 is 24.2 Å². The Morgan fingerprint density at radius 1 is 1.37 bits per heavy atom. The molecule has 1 heterocycles. The minimum absolute atomic E-state index is 0. The van der Waals surface area contributed by atoms with Crippen molar-refractivity contribution in [1.82, 2.24) is 5.32 Å². The summed E-state index contributed by atoms with van der Waals surface area (Å²) in [6.45, 7) is 1.45. The zero-order valence-electron chi connectivity index (χ0n) is 11.3. The van der Waals surface area contributed by atoms with Crippen LogP contribution in [0.5, 0.6) is 0 Å². The van der Waals surface area contributed by atoms with Crippen molar-refractivity contribution in [2.24, 2.45) is 11.7 Å². The number of carbonyl (C=O) groups excluding carboxylic acids is 1. The summed E-state index contributed by atoms with van der Waals surface area (Å²) in [5.41, 5.74) is 5.67. The minimum Gasteiger partial charge on any atom is -0.377 e. The second-order valence-corrected chi connectivity index (χ2v) is 6.28. The highest BCUT2D eigenvalue weighted by atomic mass is 35.5. The van der Waals surface area contributed by atoms with E-state index >= 15 is 0 Å². The molecule has 3 N–H and O–H groups in total. The van der Waals surface area contributed by atoms with Gasteiger partial charge in [0.25, 0.3) is 0 Å². The van der Waals surface area contributed by atoms with E-state index in [1.807, 2.05) is 0 Å². The Kier molecular flexibility index (Phi) is 8.14. The summed E-state index contributed by atoms with van der Waals surface area (Å²) in [4.78, 5) is 11.8. The van der Waals surface area contributed by atoms with Gasteiger partial charge in [0.1, 0.15) is 0 Å². The summed E-state index contributed by atoms with van der Waals surface area (Å²) in [6, 6.07) is 0.198. The predicted molar refractivity (Wildman–Crippen MR) is 81.9 cm³/mol. The molecule has 2 fully saturated rings. The van der Waals surface area contributed by atoms with Crippen molar-refractivity contribution in [2.45, 2.75) is 44.2 Å². The second kappa shape index (κ2) is 9.06. The fourth-order valence-electron chi connectivity index (χ4n) is 2.34. The molecule has 2 aliphatic rings. The molecule has 112 valence electrons. The molecule has 1 saturated heterocycles. The van der Waals surface area contributed by atoms with E-state index in [0.29, 0.717) is 24.3 Å². The first-order valence-electron chi connectivity index (χ1n) is 6.98. The predicted octanol–water partition coefficient (Wildman–Crippen LogP) is 1.56. The van der Waals surface area contributed by atoms with Gasteiger partial charge in [0, 0.05) is 24.9 Å². The molecular formula is C13H25ClN2O2S. The van der Waals surface area contributed by atoms with E-state index in [1.165, 1.54) is 25.7 Å². The van der Waals surface area contributed by atoms with Crippen LogP contribution in [0.3, 0.4) is 0 Å². The summed E-state index contributed by atoms with van der Waals surface area (Å²) in [6.07, 6.45) is 6.36. The normalized spacial score (nSPS) is 24.4. The third-order valence-electron chi connectivity index (χ3n) is 3.60. The van der Waals surface area contributed by atoms with E-state index in [0.717, 1.165) is 18.8 Å². The quantitative estimate of drug-likeness (QED) is 0.749. The molecule has 1 saturated carbocycles. The maximum Gasteiger partial charge on any atom is 0.230 e. The van der Waals surface area contributed by atoms with Crippen molar-refractivity contribution in [1.29, 1.82) is 0 Å². The van der Waals surface area contributed by atoms with Crippen molar-refractivity contribution in [3.63, 3.8) is 0 Å². The van der Waals surface area contributed by atoms with Gasteiger partial charge in [-0.3, -0.25) is 4.79 Å². The molecule has 1 aliphatic carbocycles. The minimum atomic E-state index is 0. The molecule has 1 aliphatic heterocycles. The molecule has 0 radical (unpaired) electrons. The van der Waals surface area contributed by atoms with Crippen LogP contribution in [0.1, 0.15) is 32.1 Å². The zero-order valence-corrected chi connectivity index (χ0v) is 12.9. The third kappa shape index (κ3) is 6.34. The highest BCUT2D eigenvalue weighted by molar-refractivity contribution is 7.99. The average molecular weight is 309 g/mol. The molecule has 2 rings (SSSR count). The number of rotatable bonds is 7. The second-order valence-electron chi connectivity index (χ2n) is 5.25. The van der Waals surface area contributed by atoms with Gasteiger partial charge in [-0.05, 0) is 38.0 Å². The van der Waals surface area contributed by atoms with Gasteiger partial charge in [-0.25, -0.2) is 0 Å². The molecule has 0 spiro atoms. The van der Waals surface area contributed by atoms with Crippen molar-refractivity contribution >= 4 is 30.1 Å². The lowest BCUT2D eigenvalue weighted by molar-refractivity contribution is -0.119. The van der Waals surface area contributed by atoms with Gasteiger partial charge in [0.15, 0.2) is 0 Å². The number of amides is 1. The summed E-state index contributed by atoms with van der Waals surface area (Å²) >= 11 is 1.67. The summed E-state index contributed by atoms with van der Waals surface area (Å²) in [5.74, 6) is 2.22. The fourth-order valence-corrected chi connectivity index (χ4v) is 3.25. The molecule has 2 unspecified atom stereocenters. The number of thioether (sulfide) groups is 1. The Morgan fingerprint density at radius 3 is 2.74 bits per heavy atom. The third-order valence-corrected chi connectivity index (χ3v) is 4.68. The van der Waals surface area contributed by atoms with Gasteiger partial charge in [0.2, 0.25) is 5.91 Å². The van der Waals surface area contributed by atoms with Crippen molar-refractivity contribution in [2.75, 3.05) is 24.7 Å². The molecule has 0 aromatic carbocycles. The lowest BCUT2D eigenvalue weighted by atomic mass is 10.1. The van der Waals surface area contributed by atoms with E-state index in [9.17, 15) is 4.79 Å². The van der Waals surface area contributed by atoms with Crippen LogP contribution in [-0.4, -0.2) is 42.7 Å². The number of carbonyl (C=O) groups is 1. The van der Waals surface area contributed by atoms with Gasteiger partial charge in [-0.2, -0.15) is 0 Å². The highest BCUT2D eigenvalue weighted by Crippen LogP contribution is 2.32. The molecule has 2 atom stereocenters. The van der Waals surface area contributed by atoms with Crippen molar-refractivity contribution < 1.29 is 9.53 Å². The Labute approximate surface area is 126 Å². The summed E-state index contributed by atoms with van der Waals surface area (Å²) < 4.78 is 5.64. The van der Waals surface area contributed by atoms with Crippen molar-refractivity contribution in [3.8, 4) is 0 Å². The van der Waals surface area contributed by atoms with Crippen LogP contribution in [-0.2, 0) is 9.53 Å². The molecule has 19 heavy (non-hydrogen) atoms. The topological polar surface area (TPSA) is 64.3 Å². The number of nitrogens with one attached hydrogen (secondary N) is 1. The van der Waals surface area contributed by atoms with Crippen LogP contribution in [0.2, 0.25) is 0 Å². The Morgan fingerprint density at radius 2 is 2.16 bits per heavy atom. The van der Waals surface area contributed by atoms with Crippen LogP contribution < -0.4 is 11.1 Å². The maximum atomic E-state index is 11.8. The van der Waals surface area contributed by atoms with Crippen molar-refractivity contribution in [3.05, 3.63) is 0 Å². The first-order valence-corrected chi connectivity index (χ1v) is 8.14. The number of ether oxygens (including phenoxy) is 1. The maximum absolute atomic E-state index is 11.8. The van der Waals surface area contributed by atoms with Gasteiger partial charge < -0.3 is 15.8 Å². The highest BCUT2D eigenvalue weighted by Gasteiger charge is 2.31. The molecule has 1 amide bonds. The van der Waals surface area contributed by atoms with Crippen LogP contribution in [0.15, 0.2) is 0 Å². The van der Waals surface area contributed by atoms with Gasteiger partial charge >= 0.3 is 0 Å². The van der Waals surface area contributed by atoms with E-state index in [-0.39, 0.29) is 24.4 Å². The smallest absolute Gasteiger partial charge is 0.230 e.